The molecule has 0 aromatic heterocycles. The molecule has 0 atom stereocenters. The normalized spacial score (nSPS) is 16.1. The highest BCUT2D eigenvalue weighted by molar-refractivity contribution is 7.93. The highest BCUT2D eigenvalue weighted by atomic mass is 32.2. The third kappa shape index (κ3) is 20.0. The Morgan fingerprint density at radius 1 is 0.556 bits per heavy atom. The average Bonchev–Trinajstić information content (AvgIpc) is 4.32. The van der Waals surface area contributed by atoms with Crippen LogP contribution in [0.25, 0.3) is 0 Å². The Hall–Kier alpha value is -4.12. The summed E-state index contributed by atoms with van der Waals surface area (Å²) in [6.45, 7) is 27.6. The largest absolute Gasteiger partial charge is 0.493 e. The van der Waals surface area contributed by atoms with Gasteiger partial charge in [0, 0.05) is 39.5 Å². The molecule has 0 spiro atoms. The summed E-state index contributed by atoms with van der Waals surface area (Å²) in [5, 5.41) is 16.5. The molecule has 72 heavy (non-hydrogen) atoms. The van der Waals surface area contributed by atoms with Crippen molar-refractivity contribution in [3.63, 3.8) is 0 Å². The second-order valence-electron chi connectivity index (χ2n) is 20.5. The van der Waals surface area contributed by atoms with Crippen LogP contribution in [0.4, 0.5) is 11.4 Å². The van der Waals surface area contributed by atoms with Gasteiger partial charge in [0.15, 0.2) is 0 Å². The van der Waals surface area contributed by atoms with E-state index < -0.39 is 27.2 Å². The summed E-state index contributed by atoms with van der Waals surface area (Å²) in [6.07, 6.45) is 8.99. The molecule has 4 aromatic carbocycles. The minimum atomic E-state index is -3.68. The van der Waals surface area contributed by atoms with Crippen LogP contribution in [-0.4, -0.2) is 86.7 Å². The highest BCUT2D eigenvalue weighted by Gasteiger charge is 2.33. The molecule has 0 bridgehead atoms. The first kappa shape index (κ1) is 60.4. The standard InChI is InChI=1S/2C24H33NO4S.C4H8.C3H7BO2.C2H6/c2*1-18(2)16-25(24-10-5-19(3)15-20(24)4)30(26,27)23-8-6-22(7-9-23)29-17-21-11-13-28-14-12-21;1-4-2-3-4;5-4(6)3-1-2-3;1-2/h2*5-10,15,18,21H,11-14,16-17H2,1-4H3;4H,2-3H2,1H3;3,5-6H,1-2H2;1-2H3. The maximum Gasteiger partial charge on any atom is 0.454 e. The maximum atomic E-state index is 13.5. The summed E-state index contributed by atoms with van der Waals surface area (Å²) in [4.78, 5) is 0.558. The maximum absolute atomic E-state index is 13.5. The summed E-state index contributed by atoms with van der Waals surface area (Å²) < 4.78 is 79.6. The van der Waals surface area contributed by atoms with Crippen LogP contribution in [0.2, 0.25) is 5.82 Å². The van der Waals surface area contributed by atoms with Gasteiger partial charge in [0.25, 0.3) is 20.0 Å². The number of hydrogen-bond acceptors (Lipinski definition) is 10. The molecule has 4 aliphatic rings. The molecule has 2 aliphatic carbocycles. The van der Waals surface area contributed by atoms with Crippen molar-refractivity contribution >= 4 is 38.5 Å². The number of rotatable bonds is 17. The van der Waals surface area contributed by atoms with Gasteiger partial charge in [0.2, 0.25) is 0 Å². The van der Waals surface area contributed by atoms with Crippen molar-refractivity contribution in [3.8, 4) is 11.5 Å². The van der Waals surface area contributed by atoms with Gasteiger partial charge in [-0.25, -0.2) is 16.8 Å². The Morgan fingerprint density at radius 3 is 1.14 bits per heavy atom. The Bertz CT molecular complexity index is 2260. The van der Waals surface area contributed by atoms with E-state index in [-0.39, 0.29) is 27.4 Å². The minimum Gasteiger partial charge on any atom is -0.493 e. The number of benzene rings is 4. The second kappa shape index (κ2) is 29.7. The molecule has 2 saturated carbocycles. The van der Waals surface area contributed by atoms with Gasteiger partial charge in [-0.05, 0) is 161 Å². The highest BCUT2D eigenvalue weighted by Crippen LogP contribution is 2.37. The van der Waals surface area contributed by atoms with Gasteiger partial charge in [0.05, 0.1) is 34.4 Å². The van der Waals surface area contributed by atoms with Crippen LogP contribution in [-0.2, 0) is 29.5 Å². The Morgan fingerprint density at radius 2 is 0.889 bits per heavy atom. The van der Waals surface area contributed by atoms with Gasteiger partial charge < -0.3 is 29.0 Å². The van der Waals surface area contributed by atoms with Gasteiger partial charge in [-0.2, -0.15) is 0 Å². The second-order valence-corrected chi connectivity index (χ2v) is 24.3. The molecule has 8 rings (SSSR count). The zero-order valence-corrected chi connectivity index (χ0v) is 46.9. The Balaban J connectivity index is 0.000000253. The van der Waals surface area contributed by atoms with Crippen LogP contribution in [0, 0.1) is 57.3 Å². The van der Waals surface area contributed by atoms with Gasteiger partial charge >= 0.3 is 7.12 Å². The summed E-state index contributed by atoms with van der Waals surface area (Å²) in [5.74, 6) is 4.07. The van der Waals surface area contributed by atoms with E-state index in [0.717, 1.165) is 104 Å². The molecule has 2 aliphatic heterocycles. The van der Waals surface area contributed by atoms with Crippen LogP contribution >= 0.6 is 0 Å². The lowest BCUT2D eigenvalue weighted by Gasteiger charge is -2.28. The van der Waals surface area contributed by atoms with E-state index in [1.807, 2.05) is 106 Å². The molecule has 2 heterocycles. The molecule has 12 nitrogen and oxygen atoms in total. The van der Waals surface area contributed by atoms with E-state index in [2.05, 4.69) is 6.92 Å². The fourth-order valence-corrected chi connectivity index (χ4v) is 11.4. The van der Waals surface area contributed by atoms with E-state index in [9.17, 15) is 16.8 Å². The predicted octanol–water partition coefficient (Wildman–Crippen LogP) is 12.0. The van der Waals surface area contributed by atoms with Crippen molar-refractivity contribution in [1.82, 2.24) is 0 Å². The first-order valence-corrected chi connectivity index (χ1v) is 29.3. The smallest absolute Gasteiger partial charge is 0.454 e. The Kier molecular flexibility index (Phi) is 24.9. The van der Waals surface area contributed by atoms with Crippen molar-refractivity contribution in [2.45, 2.75) is 143 Å². The third-order valence-corrected chi connectivity index (χ3v) is 16.3. The van der Waals surface area contributed by atoms with E-state index >= 15 is 0 Å². The molecule has 0 amide bonds. The van der Waals surface area contributed by atoms with Crippen molar-refractivity contribution in [1.29, 1.82) is 0 Å². The zero-order valence-electron chi connectivity index (χ0n) is 45.3. The predicted molar refractivity (Wildman–Crippen MR) is 294 cm³/mol. The molecule has 4 fully saturated rings. The number of hydrogen-bond donors (Lipinski definition) is 2. The van der Waals surface area contributed by atoms with E-state index in [4.69, 9.17) is 29.0 Å². The minimum absolute atomic E-state index is 0.197. The van der Waals surface area contributed by atoms with Gasteiger partial charge in [0.1, 0.15) is 11.5 Å². The molecule has 4 aromatic rings. The molecule has 15 heteroatoms. The van der Waals surface area contributed by atoms with Crippen molar-refractivity contribution in [3.05, 3.63) is 107 Å². The van der Waals surface area contributed by atoms with Gasteiger partial charge in [-0.3, -0.25) is 8.61 Å². The fraction of sp³-hybridized carbons (Fsp3) is 0.579. The lowest BCUT2D eigenvalue weighted by Crippen LogP contribution is -2.34. The van der Waals surface area contributed by atoms with E-state index in [1.54, 1.807) is 48.5 Å². The van der Waals surface area contributed by atoms with Crippen LogP contribution in [0.1, 0.15) is 122 Å². The average molecular weight is 1040 g/mol. The number of nitrogens with zero attached hydrogens (tertiary/aromatic N) is 2. The number of ether oxygens (including phenoxy) is 4. The molecular formula is C57H87BN2O10S2. The van der Waals surface area contributed by atoms with Crippen LogP contribution in [0.5, 0.6) is 11.5 Å². The SMILES string of the molecule is CC.CC1CC1.Cc1ccc(N(CC(C)C)S(=O)(=O)c2ccc(OCC3CCOCC3)cc2)c(C)c1.Cc1ccc(N(CC(C)C)S(=O)(=O)c2ccc(OCC3CCOCC3)cc2)c(C)c1.OB(O)C1CC1. The van der Waals surface area contributed by atoms with E-state index in [1.165, 1.54) is 21.5 Å². The molecule has 0 unspecified atom stereocenters. The quantitative estimate of drug-likeness (QED) is 0.0978. The molecule has 0 radical (unpaired) electrons. The lowest BCUT2D eigenvalue weighted by atomic mass is 9.84. The number of anilines is 2. The Labute approximate surface area is 435 Å². The van der Waals surface area contributed by atoms with E-state index in [0.29, 0.717) is 49.6 Å². The topological polar surface area (TPSA) is 152 Å². The number of sulfonamides is 2. The summed E-state index contributed by atoms with van der Waals surface area (Å²) in [7, 11) is -8.39. The van der Waals surface area contributed by atoms with Gasteiger partial charge in [-0.1, -0.05) is 110 Å². The summed E-state index contributed by atoms with van der Waals surface area (Å²) in [6, 6.07) is 25.3. The fourth-order valence-electron chi connectivity index (χ4n) is 7.97. The molecular weight excluding hydrogens is 948 g/mol. The molecule has 2 saturated heterocycles. The first-order valence-electron chi connectivity index (χ1n) is 26.4. The number of aryl methyl sites for hydroxylation is 4. The lowest BCUT2D eigenvalue weighted by molar-refractivity contribution is 0.0497. The summed E-state index contributed by atoms with van der Waals surface area (Å²) in [5.41, 5.74) is 5.60. The van der Waals surface area contributed by atoms with Crippen LogP contribution in [0.15, 0.2) is 94.7 Å². The van der Waals surface area contributed by atoms with Gasteiger partial charge in [-0.15, -0.1) is 0 Å². The van der Waals surface area contributed by atoms with Crippen LogP contribution < -0.4 is 18.1 Å². The molecule has 400 valence electrons. The molecule has 2 N–H and O–H groups in total. The van der Waals surface area contributed by atoms with Crippen LogP contribution in [0.3, 0.4) is 0 Å². The van der Waals surface area contributed by atoms with Crippen molar-refractivity contribution in [2.75, 3.05) is 61.3 Å². The third-order valence-electron chi connectivity index (χ3n) is 12.7. The monoisotopic (exact) mass is 1030 g/mol. The first-order chi connectivity index (χ1) is 34.2. The van der Waals surface area contributed by atoms with Crippen molar-refractivity contribution in [2.24, 2.45) is 29.6 Å². The zero-order chi connectivity index (χ0) is 53.0. The summed E-state index contributed by atoms with van der Waals surface area (Å²) >= 11 is 0. The van der Waals surface area contributed by atoms with Crippen molar-refractivity contribution < 1.29 is 45.8 Å².